The summed E-state index contributed by atoms with van der Waals surface area (Å²) < 4.78 is 61.7. The predicted molar refractivity (Wildman–Crippen MR) is 198 cm³/mol. The fourth-order valence-electron chi connectivity index (χ4n) is 6.17. The van der Waals surface area contributed by atoms with Gasteiger partial charge < -0.3 is 24.5 Å². The summed E-state index contributed by atoms with van der Waals surface area (Å²) in [5.41, 5.74) is 3.55. The van der Waals surface area contributed by atoms with Crippen molar-refractivity contribution >= 4 is 23.8 Å². The monoisotopic (exact) mass is 711 g/mol. The van der Waals surface area contributed by atoms with Crippen LogP contribution >= 0.6 is 0 Å². The van der Waals surface area contributed by atoms with Crippen molar-refractivity contribution in [2.24, 2.45) is 5.92 Å². The van der Waals surface area contributed by atoms with E-state index in [-0.39, 0.29) is 24.2 Å². The van der Waals surface area contributed by atoms with Crippen molar-refractivity contribution in [2.45, 2.75) is 78.2 Å². The number of aromatic amines is 1. The number of allylic oxidation sites excluding steroid dienone is 3. The second-order valence-electron chi connectivity index (χ2n) is 13.0. The number of aryl methyl sites for hydroxylation is 1. The maximum absolute atomic E-state index is 14.8. The van der Waals surface area contributed by atoms with Crippen LogP contribution in [0, 0.1) is 23.4 Å². The highest BCUT2D eigenvalue weighted by Gasteiger charge is 2.20. The molecule has 0 radical (unpaired) electrons. The summed E-state index contributed by atoms with van der Waals surface area (Å²) in [6, 6.07) is 13.4. The molecule has 1 saturated carbocycles. The van der Waals surface area contributed by atoms with Gasteiger partial charge >= 0.3 is 0 Å². The average molecular weight is 712 g/mol. The van der Waals surface area contributed by atoms with Crippen LogP contribution in [-0.2, 0) is 22.4 Å². The van der Waals surface area contributed by atoms with Gasteiger partial charge in [0, 0.05) is 42.1 Å². The minimum absolute atomic E-state index is 0.00178. The van der Waals surface area contributed by atoms with E-state index < -0.39 is 17.4 Å². The summed E-state index contributed by atoms with van der Waals surface area (Å²) in [5.74, 6) is 1.13. The van der Waals surface area contributed by atoms with Crippen LogP contribution in [0.15, 0.2) is 90.7 Å². The lowest BCUT2D eigenvalue weighted by Gasteiger charge is -2.20. The number of para-hydroxylation sites is 1. The van der Waals surface area contributed by atoms with Crippen LogP contribution in [0.25, 0.3) is 12.2 Å². The number of carbonyl (C=O) groups excluding carboxylic acids is 1. The number of halogens is 3. The van der Waals surface area contributed by atoms with Crippen LogP contribution in [0.5, 0.6) is 17.5 Å². The molecule has 1 aliphatic carbocycles. The highest BCUT2D eigenvalue weighted by atomic mass is 19.1. The van der Waals surface area contributed by atoms with Gasteiger partial charge in [-0.3, -0.25) is 0 Å². The lowest BCUT2D eigenvalue weighted by Crippen LogP contribution is -2.13. The van der Waals surface area contributed by atoms with E-state index in [9.17, 15) is 18.0 Å². The maximum Gasteiger partial charge on any atom is 0.221 e. The molecule has 0 bridgehead atoms. The molecule has 0 saturated heterocycles. The minimum Gasteiger partial charge on any atom is -0.494 e. The van der Waals surface area contributed by atoms with Crippen LogP contribution in [0.4, 0.5) is 18.9 Å². The van der Waals surface area contributed by atoms with Gasteiger partial charge in [0.2, 0.25) is 11.6 Å². The zero-order chi connectivity index (χ0) is 37.0. The molecule has 4 aromatic rings. The van der Waals surface area contributed by atoms with Crippen molar-refractivity contribution in [1.29, 1.82) is 0 Å². The van der Waals surface area contributed by atoms with Crippen LogP contribution in [-0.4, -0.2) is 22.0 Å². The van der Waals surface area contributed by atoms with Gasteiger partial charge in [0.15, 0.2) is 17.5 Å². The summed E-state index contributed by atoms with van der Waals surface area (Å²) >= 11 is 0. The van der Waals surface area contributed by atoms with Gasteiger partial charge in [-0.05, 0) is 86.4 Å². The zero-order valence-electron chi connectivity index (χ0n) is 29.7. The molecule has 1 fully saturated rings. The van der Waals surface area contributed by atoms with Gasteiger partial charge in [-0.2, -0.15) is 0 Å². The van der Waals surface area contributed by atoms with Crippen LogP contribution in [0.2, 0.25) is 0 Å². The first kappa shape index (κ1) is 37.8. The molecule has 0 spiro atoms. The van der Waals surface area contributed by atoms with Gasteiger partial charge in [0.1, 0.15) is 23.3 Å². The number of nitrogens with zero attached hydrogens (tertiary/aromatic N) is 1. The molecule has 10 heteroatoms. The Bertz CT molecular complexity index is 1960. The first-order chi connectivity index (χ1) is 25.2. The van der Waals surface area contributed by atoms with Crippen molar-refractivity contribution in [1.82, 2.24) is 9.97 Å². The third-order valence-electron chi connectivity index (χ3n) is 8.92. The summed E-state index contributed by atoms with van der Waals surface area (Å²) in [6.45, 7) is 9.99. The van der Waals surface area contributed by atoms with E-state index in [4.69, 9.17) is 14.2 Å². The second kappa shape index (κ2) is 18.1. The van der Waals surface area contributed by atoms with E-state index in [0.717, 1.165) is 56.2 Å². The molecular formula is C42H44F3N3O4. The van der Waals surface area contributed by atoms with Crippen LogP contribution < -0.4 is 14.8 Å². The Morgan fingerprint density at radius 1 is 1.04 bits per heavy atom. The fraction of sp³-hybridized carbons (Fsp3) is 0.310. The van der Waals surface area contributed by atoms with Crippen molar-refractivity contribution in [3.05, 3.63) is 131 Å². The van der Waals surface area contributed by atoms with E-state index >= 15 is 0 Å². The molecule has 2 N–H and O–H groups in total. The van der Waals surface area contributed by atoms with Crippen LogP contribution in [0.3, 0.4) is 0 Å². The number of aromatic nitrogens is 2. The highest BCUT2D eigenvalue weighted by molar-refractivity contribution is 5.78. The van der Waals surface area contributed by atoms with Gasteiger partial charge in [-0.15, -0.1) is 0 Å². The molecule has 0 aliphatic heterocycles. The van der Waals surface area contributed by atoms with E-state index in [1.165, 1.54) is 24.3 Å². The number of pyridine rings is 1. The Labute approximate surface area is 302 Å². The van der Waals surface area contributed by atoms with Gasteiger partial charge in [0.05, 0.1) is 17.5 Å². The van der Waals surface area contributed by atoms with Crippen molar-refractivity contribution in [2.75, 3.05) is 5.32 Å². The highest BCUT2D eigenvalue weighted by Crippen LogP contribution is 2.32. The number of anilines is 1. The normalized spacial score (nSPS) is 16.6. The molecule has 2 heterocycles. The predicted octanol–water partition coefficient (Wildman–Crippen LogP) is 10.9. The number of benzene rings is 2. The van der Waals surface area contributed by atoms with Crippen LogP contribution in [0.1, 0.15) is 81.7 Å². The lowest BCUT2D eigenvalue weighted by atomic mass is 10.0. The summed E-state index contributed by atoms with van der Waals surface area (Å²) in [4.78, 5) is 18.9. The third kappa shape index (κ3) is 10.1. The maximum atomic E-state index is 14.8. The first-order valence-corrected chi connectivity index (χ1v) is 17.6. The number of hydrogen-bond acceptors (Lipinski definition) is 6. The molecule has 272 valence electrons. The molecule has 7 nitrogen and oxygen atoms in total. The number of nitrogens with one attached hydrogen (secondary N) is 2. The smallest absolute Gasteiger partial charge is 0.221 e. The van der Waals surface area contributed by atoms with E-state index in [2.05, 4.69) is 28.8 Å². The second-order valence-corrected chi connectivity index (χ2v) is 13.0. The molecular weight excluding hydrogens is 667 g/mol. The Balaban J connectivity index is 1.43. The summed E-state index contributed by atoms with van der Waals surface area (Å²) in [5, 5.41) is 3.31. The molecule has 2 aromatic carbocycles. The molecule has 2 aromatic heterocycles. The Hall–Kier alpha value is -5.47. The van der Waals surface area contributed by atoms with E-state index in [1.54, 1.807) is 43.5 Å². The Morgan fingerprint density at radius 2 is 1.81 bits per heavy atom. The Kier molecular flexibility index (Phi) is 13.2. The zero-order valence-corrected chi connectivity index (χ0v) is 29.7. The quantitative estimate of drug-likeness (QED) is 0.0553. The van der Waals surface area contributed by atoms with Gasteiger partial charge in [0.25, 0.3) is 0 Å². The Morgan fingerprint density at radius 3 is 2.54 bits per heavy atom. The van der Waals surface area contributed by atoms with Crippen molar-refractivity contribution < 1.29 is 32.2 Å². The lowest BCUT2D eigenvalue weighted by molar-refractivity contribution is 0.0999. The van der Waals surface area contributed by atoms with E-state index in [1.807, 2.05) is 18.9 Å². The molecule has 1 aliphatic rings. The van der Waals surface area contributed by atoms with E-state index in [0.29, 0.717) is 57.9 Å². The summed E-state index contributed by atoms with van der Waals surface area (Å²) in [7, 11) is 0. The van der Waals surface area contributed by atoms with Crippen molar-refractivity contribution in [3.8, 4) is 17.5 Å². The SMILES string of the molecule is C=C/C(Oc1cc(/C=C(\Cc2ccccc2F)OC2CCCC(C)CC2)c(C=C=O)[nH]1)=C(\C)Nc1cc(Oc2c(F)cccc2F)ncc1CCC. The number of ether oxygens (including phenoxy) is 3. The summed E-state index contributed by atoms with van der Waals surface area (Å²) in [6.07, 6.45) is 13.0. The van der Waals surface area contributed by atoms with Gasteiger partial charge in [-0.1, -0.05) is 57.5 Å². The van der Waals surface area contributed by atoms with Crippen molar-refractivity contribution in [3.63, 3.8) is 0 Å². The molecule has 52 heavy (non-hydrogen) atoms. The standard InChI is InChI=1S/C42H44F3N3O4/c1-5-11-30-26-46-40(52-42-35(44)16-10-17-36(42)45)25-38(30)47-28(4)39(6-2)51-41-24-31(37(48-41)20-21-49)23-33(22-29-13-7-8-15-34(29)43)50-32-14-9-12-27(3)18-19-32/h6-8,10,13,15-17,20,23-27,32,48H,2,5,9,11-12,14,18-19,22H2,1,3-4H3,(H,46,47)/b33-23+,39-28-. The number of H-pyrrole nitrogens is 1. The topological polar surface area (TPSA) is 85.5 Å². The fourth-order valence-corrected chi connectivity index (χ4v) is 6.17. The largest absolute Gasteiger partial charge is 0.494 e. The molecule has 2 unspecified atom stereocenters. The molecule has 2 atom stereocenters. The molecule has 5 rings (SSSR count). The molecule has 0 amide bonds. The third-order valence-corrected chi connectivity index (χ3v) is 8.92. The van der Waals surface area contributed by atoms with Gasteiger partial charge in [-0.25, -0.2) is 22.9 Å². The average Bonchev–Trinajstić information content (AvgIpc) is 3.37. The number of hydrogen-bond donors (Lipinski definition) is 2. The number of rotatable bonds is 15. The minimum atomic E-state index is -0.846. The first-order valence-electron chi connectivity index (χ1n) is 17.6.